The summed E-state index contributed by atoms with van der Waals surface area (Å²) in [6, 6.07) is 8.69. The van der Waals surface area contributed by atoms with Crippen LogP contribution in [0.15, 0.2) is 24.3 Å². The summed E-state index contributed by atoms with van der Waals surface area (Å²) in [7, 11) is 2.11. The molecule has 1 aliphatic rings. The summed E-state index contributed by atoms with van der Waals surface area (Å²) in [6.45, 7) is 1.06. The molecule has 0 bridgehead atoms. The van der Waals surface area contributed by atoms with Gasteiger partial charge in [-0.2, -0.15) is 0 Å². The average Bonchev–Trinajstić information content (AvgIpc) is 2.64. The molecule has 1 aromatic heterocycles. The number of nitrogens with zero attached hydrogens (tertiary/aromatic N) is 1. The number of para-hydroxylation sites is 1. The molecule has 2 N–H and O–H groups in total. The van der Waals surface area contributed by atoms with Gasteiger partial charge in [-0.25, -0.2) is 0 Å². The molecule has 3 heteroatoms. The number of benzene rings is 1. The van der Waals surface area contributed by atoms with Crippen molar-refractivity contribution in [2.24, 2.45) is 7.05 Å². The van der Waals surface area contributed by atoms with E-state index >= 15 is 0 Å². The van der Waals surface area contributed by atoms with E-state index in [-0.39, 0.29) is 12.6 Å². The number of aromatic nitrogens is 1. The Kier molecular flexibility index (Phi) is 2.23. The zero-order valence-electron chi connectivity index (χ0n) is 9.40. The molecule has 0 fully saturated rings. The van der Waals surface area contributed by atoms with Crippen molar-refractivity contribution in [1.29, 1.82) is 0 Å². The van der Waals surface area contributed by atoms with E-state index in [1.165, 1.54) is 22.2 Å². The summed E-state index contributed by atoms with van der Waals surface area (Å²) < 4.78 is 2.26. The number of fused-ring (bicyclic) bond motifs is 3. The maximum atomic E-state index is 9.23. The molecule has 0 amide bonds. The van der Waals surface area contributed by atoms with Crippen LogP contribution < -0.4 is 5.32 Å². The second kappa shape index (κ2) is 3.61. The molecule has 1 aromatic carbocycles. The lowest BCUT2D eigenvalue weighted by Gasteiger charge is -2.23. The summed E-state index contributed by atoms with van der Waals surface area (Å²) in [6.07, 6.45) is 0.924. The molecule has 1 aliphatic heterocycles. The highest BCUT2D eigenvalue weighted by Gasteiger charge is 2.22. The molecule has 0 saturated carbocycles. The van der Waals surface area contributed by atoms with Gasteiger partial charge in [-0.3, -0.25) is 0 Å². The smallest absolute Gasteiger partial charge is 0.0588 e. The van der Waals surface area contributed by atoms with E-state index in [0.29, 0.717) is 0 Å². The second-order valence-electron chi connectivity index (χ2n) is 4.47. The summed E-state index contributed by atoms with van der Waals surface area (Å²) >= 11 is 0. The molecule has 2 aromatic rings. The van der Waals surface area contributed by atoms with Gasteiger partial charge in [-0.15, -0.1) is 0 Å². The van der Waals surface area contributed by atoms with Gasteiger partial charge in [-0.1, -0.05) is 18.2 Å². The minimum absolute atomic E-state index is 0.207. The zero-order valence-corrected chi connectivity index (χ0v) is 9.40. The van der Waals surface area contributed by atoms with Crippen LogP contribution in [0, 0.1) is 0 Å². The van der Waals surface area contributed by atoms with E-state index in [9.17, 15) is 5.11 Å². The van der Waals surface area contributed by atoms with Crippen molar-refractivity contribution in [3.8, 4) is 0 Å². The third kappa shape index (κ3) is 1.29. The number of nitrogens with one attached hydrogen (secondary N) is 1. The summed E-state index contributed by atoms with van der Waals surface area (Å²) in [5.74, 6) is 0. The van der Waals surface area contributed by atoms with E-state index in [1.54, 1.807) is 0 Å². The van der Waals surface area contributed by atoms with Gasteiger partial charge >= 0.3 is 0 Å². The van der Waals surface area contributed by atoms with Crippen LogP contribution >= 0.6 is 0 Å². The summed E-state index contributed by atoms with van der Waals surface area (Å²) in [5.41, 5.74) is 4.04. The number of hydrogen-bond donors (Lipinski definition) is 2. The number of rotatable bonds is 1. The maximum Gasteiger partial charge on any atom is 0.0588 e. The van der Waals surface area contributed by atoms with E-state index in [1.807, 2.05) is 0 Å². The Labute approximate surface area is 94.7 Å². The number of aryl methyl sites for hydroxylation is 1. The number of aliphatic hydroxyl groups is 1. The normalized spacial score (nSPS) is 20.0. The third-order valence-electron chi connectivity index (χ3n) is 3.57. The van der Waals surface area contributed by atoms with E-state index in [0.717, 1.165) is 13.0 Å². The van der Waals surface area contributed by atoms with E-state index < -0.39 is 0 Å². The fourth-order valence-electron chi connectivity index (χ4n) is 2.67. The standard InChI is InChI=1S/C13H16N2O/c1-15-12-5-3-2-4-10(12)11-6-9(8-16)14-7-13(11)15/h2-5,9,14,16H,6-8H2,1H3. The van der Waals surface area contributed by atoms with Crippen LogP contribution in [0.1, 0.15) is 11.3 Å². The minimum Gasteiger partial charge on any atom is -0.395 e. The topological polar surface area (TPSA) is 37.2 Å². The van der Waals surface area contributed by atoms with Gasteiger partial charge in [0.25, 0.3) is 0 Å². The second-order valence-corrected chi connectivity index (χ2v) is 4.47. The maximum absolute atomic E-state index is 9.23. The lowest BCUT2D eigenvalue weighted by atomic mass is 9.99. The highest BCUT2D eigenvalue weighted by atomic mass is 16.3. The first-order valence-corrected chi connectivity index (χ1v) is 5.70. The van der Waals surface area contributed by atoms with Gasteiger partial charge in [0.15, 0.2) is 0 Å². The number of aliphatic hydroxyl groups excluding tert-OH is 1. The van der Waals surface area contributed by atoms with Crippen LogP contribution in [0.5, 0.6) is 0 Å². The Morgan fingerprint density at radius 1 is 1.44 bits per heavy atom. The Morgan fingerprint density at radius 3 is 3.06 bits per heavy atom. The lowest BCUT2D eigenvalue weighted by Crippen LogP contribution is -2.38. The van der Waals surface area contributed by atoms with Crippen LogP contribution in [0.2, 0.25) is 0 Å². The van der Waals surface area contributed by atoms with Crippen molar-refractivity contribution in [2.75, 3.05) is 6.61 Å². The first-order valence-electron chi connectivity index (χ1n) is 5.70. The van der Waals surface area contributed by atoms with Crippen molar-refractivity contribution in [2.45, 2.75) is 19.0 Å². The molecule has 1 atom stereocenters. The van der Waals surface area contributed by atoms with E-state index in [4.69, 9.17) is 0 Å². The van der Waals surface area contributed by atoms with Crippen LogP contribution in [-0.4, -0.2) is 22.3 Å². The SMILES string of the molecule is Cn1c2c(c3ccccc31)CC(CO)NC2. The summed E-state index contributed by atoms with van der Waals surface area (Å²) in [4.78, 5) is 0. The first-order chi connectivity index (χ1) is 7.81. The Morgan fingerprint density at radius 2 is 2.25 bits per heavy atom. The molecule has 3 rings (SSSR count). The van der Waals surface area contributed by atoms with Gasteiger partial charge in [0, 0.05) is 36.2 Å². The fourth-order valence-corrected chi connectivity index (χ4v) is 2.67. The third-order valence-corrected chi connectivity index (χ3v) is 3.57. The highest BCUT2D eigenvalue weighted by Crippen LogP contribution is 2.28. The minimum atomic E-state index is 0.207. The van der Waals surface area contributed by atoms with Gasteiger partial charge in [-0.05, 0) is 18.1 Å². The van der Waals surface area contributed by atoms with Crippen molar-refractivity contribution in [1.82, 2.24) is 9.88 Å². The van der Waals surface area contributed by atoms with Crippen LogP contribution in [0.25, 0.3) is 10.9 Å². The monoisotopic (exact) mass is 216 g/mol. The zero-order chi connectivity index (χ0) is 11.1. The van der Waals surface area contributed by atoms with Gasteiger partial charge < -0.3 is 15.0 Å². The average molecular weight is 216 g/mol. The highest BCUT2D eigenvalue weighted by molar-refractivity contribution is 5.85. The molecule has 84 valence electrons. The molecule has 0 spiro atoms. The Bertz CT molecular complexity index is 530. The molecule has 0 aliphatic carbocycles. The van der Waals surface area contributed by atoms with Crippen molar-refractivity contribution in [3.63, 3.8) is 0 Å². The molecule has 3 nitrogen and oxygen atoms in total. The molecule has 16 heavy (non-hydrogen) atoms. The summed E-state index contributed by atoms with van der Waals surface area (Å²) in [5, 5.41) is 13.9. The van der Waals surface area contributed by atoms with Crippen LogP contribution in [-0.2, 0) is 20.0 Å². The molecular formula is C13H16N2O. The molecule has 1 unspecified atom stereocenters. The lowest BCUT2D eigenvalue weighted by molar-refractivity contribution is 0.235. The Balaban J connectivity index is 2.21. The number of hydrogen-bond acceptors (Lipinski definition) is 2. The predicted molar refractivity (Wildman–Crippen MR) is 64.3 cm³/mol. The molecule has 0 saturated heterocycles. The van der Waals surface area contributed by atoms with Crippen molar-refractivity contribution < 1.29 is 5.11 Å². The van der Waals surface area contributed by atoms with Gasteiger partial charge in [0.1, 0.15) is 0 Å². The quantitative estimate of drug-likeness (QED) is 0.751. The van der Waals surface area contributed by atoms with Gasteiger partial charge in [0.2, 0.25) is 0 Å². The first kappa shape index (κ1) is 9.87. The largest absolute Gasteiger partial charge is 0.395 e. The van der Waals surface area contributed by atoms with Crippen molar-refractivity contribution in [3.05, 3.63) is 35.5 Å². The predicted octanol–water partition coefficient (Wildman–Crippen LogP) is 1.18. The Hall–Kier alpha value is -1.32. The molecular weight excluding hydrogens is 200 g/mol. The van der Waals surface area contributed by atoms with E-state index in [2.05, 4.69) is 41.2 Å². The van der Waals surface area contributed by atoms with Gasteiger partial charge in [0.05, 0.1) is 6.61 Å². The fraction of sp³-hybridized carbons (Fsp3) is 0.385. The van der Waals surface area contributed by atoms with Crippen molar-refractivity contribution >= 4 is 10.9 Å². The van der Waals surface area contributed by atoms with Crippen LogP contribution in [0.4, 0.5) is 0 Å². The molecule has 2 heterocycles. The van der Waals surface area contributed by atoms with Crippen LogP contribution in [0.3, 0.4) is 0 Å². The molecule has 0 radical (unpaired) electrons.